The largest absolute Gasteiger partial charge is 0.396 e. The Labute approximate surface area is 110 Å². The van der Waals surface area contributed by atoms with E-state index in [2.05, 4.69) is 17.1 Å². The lowest BCUT2D eigenvalue weighted by Gasteiger charge is -2.43. The molecule has 0 spiro atoms. The predicted octanol–water partition coefficient (Wildman–Crippen LogP) is 1.28. The molecule has 4 heteroatoms. The van der Waals surface area contributed by atoms with Gasteiger partial charge in [-0.1, -0.05) is 25.7 Å². The molecule has 1 saturated heterocycles. The lowest BCUT2D eigenvalue weighted by atomic mass is 9.99. The van der Waals surface area contributed by atoms with Crippen molar-refractivity contribution in [1.82, 2.24) is 10.2 Å². The van der Waals surface area contributed by atoms with E-state index in [9.17, 15) is 4.79 Å². The molecule has 4 nitrogen and oxygen atoms in total. The van der Waals surface area contributed by atoms with Gasteiger partial charge >= 0.3 is 0 Å². The molecule has 0 aromatic heterocycles. The van der Waals surface area contributed by atoms with E-state index in [4.69, 9.17) is 5.11 Å². The van der Waals surface area contributed by atoms with Crippen LogP contribution in [-0.4, -0.2) is 47.2 Å². The van der Waals surface area contributed by atoms with E-state index in [1.165, 1.54) is 25.7 Å². The van der Waals surface area contributed by atoms with Crippen molar-refractivity contribution in [3.05, 3.63) is 0 Å². The molecular formula is C14H26N2O2. The molecule has 2 rings (SSSR count). The van der Waals surface area contributed by atoms with Crippen LogP contribution < -0.4 is 5.32 Å². The standard InChI is InChI=1S/C14H26N2O2/c1-11-10-15-13(8-9-17)14(18)16(11)12-6-4-2-3-5-7-12/h11-13,15,17H,2-10H2,1H3. The molecule has 1 saturated carbocycles. The zero-order valence-corrected chi connectivity index (χ0v) is 11.4. The molecule has 1 amide bonds. The third-order valence-corrected chi connectivity index (χ3v) is 4.32. The van der Waals surface area contributed by atoms with Gasteiger partial charge in [-0.05, 0) is 26.2 Å². The second kappa shape index (κ2) is 6.53. The van der Waals surface area contributed by atoms with Crippen molar-refractivity contribution in [2.45, 2.75) is 70.0 Å². The SMILES string of the molecule is CC1CNC(CCO)C(=O)N1C1CCCCCC1. The minimum Gasteiger partial charge on any atom is -0.396 e. The van der Waals surface area contributed by atoms with Gasteiger partial charge in [-0.15, -0.1) is 0 Å². The summed E-state index contributed by atoms with van der Waals surface area (Å²) in [7, 11) is 0. The molecule has 104 valence electrons. The highest BCUT2D eigenvalue weighted by Crippen LogP contribution is 2.25. The first-order chi connectivity index (χ1) is 8.74. The van der Waals surface area contributed by atoms with Gasteiger partial charge in [-0.2, -0.15) is 0 Å². The fraction of sp³-hybridized carbons (Fsp3) is 0.929. The van der Waals surface area contributed by atoms with Crippen LogP contribution >= 0.6 is 0 Å². The molecule has 2 unspecified atom stereocenters. The van der Waals surface area contributed by atoms with E-state index in [0.29, 0.717) is 12.5 Å². The number of rotatable bonds is 3. The van der Waals surface area contributed by atoms with Crippen molar-refractivity contribution in [3.8, 4) is 0 Å². The van der Waals surface area contributed by atoms with Gasteiger partial charge in [0.15, 0.2) is 0 Å². The normalized spacial score (nSPS) is 31.4. The Balaban J connectivity index is 2.04. The van der Waals surface area contributed by atoms with Gasteiger partial charge in [0.2, 0.25) is 5.91 Å². The molecule has 2 aliphatic rings. The van der Waals surface area contributed by atoms with Crippen molar-refractivity contribution < 1.29 is 9.90 Å². The third-order valence-electron chi connectivity index (χ3n) is 4.32. The first-order valence-corrected chi connectivity index (χ1v) is 7.40. The van der Waals surface area contributed by atoms with Crippen LogP contribution in [0.3, 0.4) is 0 Å². The smallest absolute Gasteiger partial charge is 0.240 e. The van der Waals surface area contributed by atoms with Crippen LogP contribution in [-0.2, 0) is 4.79 Å². The van der Waals surface area contributed by atoms with E-state index in [-0.39, 0.29) is 24.6 Å². The maximum Gasteiger partial charge on any atom is 0.240 e. The summed E-state index contributed by atoms with van der Waals surface area (Å²) in [5.74, 6) is 0.203. The average molecular weight is 254 g/mol. The molecule has 0 aromatic rings. The molecule has 1 aliphatic heterocycles. The second-order valence-electron chi connectivity index (χ2n) is 5.71. The Kier molecular flexibility index (Phi) is 5.01. The number of carbonyl (C=O) groups is 1. The van der Waals surface area contributed by atoms with Crippen LogP contribution in [0, 0.1) is 0 Å². The van der Waals surface area contributed by atoms with Crippen LogP contribution in [0.1, 0.15) is 51.9 Å². The van der Waals surface area contributed by atoms with Crippen molar-refractivity contribution in [3.63, 3.8) is 0 Å². The first kappa shape index (κ1) is 13.8. The van der Waals surface area contributed by atoms with Gasteiger partial charge in [0.1, 0.15) is 0 Å². The fourth-order valence-electron chi connectivity index (χ4n) is 3.33. The average Bonchev–Trinajstić information content (AvgIpc) is 2.62. The Morgan fingerprint density at radius 3 is 2.56 bits per heavy atom. The summed E-state index contributed by atoms with van der Waals surface area (Å²) in [5.41, 5.74) is 0. The zero-order valence-electron chi connectivity index (χ0n) is 11.4. The molecular weight excluding hydrogens is 228 g/mol. The highest BCUT2D eigenvalue weighted by molar-refractivity contribution is 5.83. The number of hydrogen-bond donors (Lipinski definition) is 2. The molecule has 0 aromatic carbocycles. The number of aliphatic hydroxyl groups is 1. The molecule has 2 atom stereocenters. The van der Waals surface area contributed by atoms with E-state index in [0.717, 1.165) is 19.4 Å². The van der Waals surface area contributed by atoms with Gasteiger partial charge < -0.3 is 15.3 Å². The maximum atomic E-state index is 12.5. The first-order valence-electron chi connectivity index (χ1n) is 7.40. The van der Waals surface area contributed by atoms with Crippen molar-refractivity contribution in [2.75, 3.05) is 13.2 Å². The summed E-state index contributed by atoms with van der Waals surface area (Å²) in [6, 6.07) is 0.545. The minimum absolute atomic E-state index is 0.0797. The summed E-state index contributed by atoms with van der Waals surface area (Å²) >= 11 is 0. The number of nitrogens with zero attached hydrogens (tertiary/aromatic N) is 1. The summed E-state index contributed by atoms with van der Waals surface area (Å²) in [6.07, 6.45) is 7.97. The number of nitrogens with one attached hydrogen (secondary N) is 1. The van der Waals surface area contributed by atoms with Crippen LogP contribution in [0.4, 0.5) is 0 Å². The van der Waals surface area contributed by atoms with E-state index < -0.39 is 0 Å². The van der Waals surface area contributed by atoms with Gasteiger partial charge in [-0.25, -0.2) is 0 Å². The summed E-state index contributed by atoms with van der Waals surface area (Å²) < 4.78 is 0. The summed E-state index contributed by atoms with van der Waals surface area (Å²) in [6.45, 7) is 3.06. The molecule has 2 fully saturated rings. The quantitative estimate of drug-likeness (QED) is 0.746. The van der Waals surface area contributed by atoms with E-state index >= 15 is 0 Å². The number of aliphatic hydroxyl groups excluding tert-OH is 1. The Hall–Kier alpha value is -0.610. The number of amides is 1. The minimum atomic E-state index is -0.172. The van der Waals surface area contributed by atoms with Crippen molar-refractivity contribution in [2.24, 2.45) is 0 Å². The van der Waals surface area contributed by atoms with E-state index in [1.54, 1.807) is 0 Å². The fourth-order valence-corrected chi connectivity index (χ4v) is 3.33. The Morgan fingerprint density at radius 2 is 1.94 bits per heavy atom. The predicted molar refractivity (Wildman–Crippen MR) is 71.3 cm³/mol. The third kappa shape index (κ3) is 3.04. The molecule has 0 radical (unpaired) electrons. The van der Waals surface area contributed by atoms with Crippen LogP contribution in [0.5, 0.6) is 0 Å². The van der Waals surface area contributed by atoms with Gasteiger partial charge in [0.25, 0.3) is 0 Å². The molecule has 0 bridgehead atoms. The maximum absolute atomic E-state index is 12.5. The summed E-state index contributed by atoms with van der Waals surface area (Å²) in [4.78, 5) is 14.6. The van der Waals surface area contributed by atoms with Gasteiger partial charge in [0.05, 0.1) is 6.04 Å². The Morgan fingerprint density at radius 1 is 1.28 bits per heavy atom. The Bertz CT molecular complexity index is 275. The summed E-state index contributed by atoms with van der Waals surface area (Å²) in [5, 5.41) is 12.3. The van der Waals surface area contributed by atoms with Crippen LogP contribution in [0.2, 0.25) is 0 Å². The highest BCUT2D eigenvalue weighted by atomic mass is 16.3. The molecule has 2 N–H and O–H groups in total. The molecule has 1 aliphatic carbocycles. The van der Waals surface area contributed by atoms with Crippen LogP contribution in [0.15, 0.2) is 0 Å². The number of carbonyl (C=O) groups excluding carboxylic acids is 1. The lowest BCUT2D eigenvalue weighted by Crippen LogP contribution is -2.62. The van der Waals surface area contributed by atoms with Crippen molar-refractivity contribution in [1.29, 1.82) is 0 Å². The van der Waals surface area contributed by atoms with E-state index in [1.807, 2.05) is 0 Å². The number of piperazine rings is 1. The number of hydrogen-bond acceptors (Lipinski definition) is 3. The van der Waals surface area contributed by atoms with Crippen molar-refractivity contribution >= 4 is 5.91 Å². The van der Waals surface area contributed by atoms with Gasteiger partial charge in [-0.3, -0.25) is 4.79 Å². The highest BCUT2D eigenvalue weighted by Gasteiger charge is 2.36. The van der Waals surface area contributed by atoms with Crippen LogP contribution in [0.25, 0.3) is 0 Å². The lowest BCUT2D eigenvalue weighted by molar-refractivity contribution is -0.142. The topological polar surface area (TPSA) is 52.6 Å². The monoisotopic (exact) mass is 254 g/mol. The molecule has 1 heterocycles. The molecule has 18 heavy (non-hydrogen) atoms. The second-order valence-corrected chi connectivity index (χ2v) is 5.71. The zero-order chi connectivity index (χ0) is 13.0. The van der Waals surface area contributed by atoms with Gasteiger partial charge in [0, 0.05) is 25.2 Å².